The molecule has 0 unspecified atom stereocenters. The van der Waals surface area contributed by atoms with Gasteiger partial charge in [-0.15, -0.1) is 0 Å². The van der Waals surface area contributed by atoms with E-state index in [-0.39, 0.29) is 11.7 Å². The van der Waals surface area contributed by atoms with E-state index in [2.05, 4.69) is 0 Å². The summed E-state index contributed by atoms with van der Waals surface area (Å²) in [7, 11) is 0. The number of ether oxygens (including phenoxy) is 2. The Morgan fingerprint density at radius 1 is 1.35 bits per heavy atom. The first-order valence-electron chi connectivity index (χ1n) is 6.62. The highest BCUT2D eigenvalue weighted by molar-refractivity contribution is 5.97. The van der Waals surface area contributed by atoms with Gasteiger partial charge < -0.3 is 9.47 Å². The Hall–Kier alpha value is -2.28. The van der Waals surface area contributed by atoms with Gasteiger partial charge in [-0.05, 0) is 44.0 Å². The van der Waals surface area contributed by atoms with Gasteiger partial charge in [0, 0.05) is 0 Å². The molecule has 0 bridgehead atoms. The van der Waals surface area contributed by atoms with Crippen molar-refractivity contribution >= 4 is 12.0 Å². The second-order valence-corrected chi connectivity index (χ2v) is 4.54. The van der Waals surface area contributed by atoms with Crippen LogP contribution in [0.2, 0.25) is 0 Å². The normalized spacial score (nSPS) is 11.1. The van der Waals surface area contributed by atoms with Crippen LogP contribution in [0.3, 0.4) is 0 Å². The third-order valence-corrected chi connectivity index (χ3v) is 2.35. The van der Waals surface area contributed by atoms with Gasteiger partial charge in [-0.1, -0.05) is 19.1 Å². The third-order valence-electron chi connectivity index (χ3n) is 2.35. The maximum atomic E-state index is 11.7. The lowest BCUT2D eigenvalue weighted by Crippen LogP contribution is -2.12. The topological polar surface area (TPSA) is 59.3 Å². The Bertz CT molecular complexity index is 510. The van der Waals surface area contributed by atoms with Crippen molar-refractivity contribution in [3.63, 3.8) is 0 Å². The van der Waals surface area contributed by atoms with Gasteiger partial charge in [-0.2, -0.15) is 5.26 Å². The van der Waals surface area contributed by atoms with Crippen LogP contribution in [0.4, 0.5) is 0 Å². The molecule has 4 heteroatoms. The molecule has 0 aliphatic rings. The fraction of sp³-hybridized carbons (Fsp3) is 0.375. The van der Waals surface area contributed by atoms with Crippen LogP contribution >= 0.6 is 0 Å². The van der Waals surface area contributed by atoms with E-state index >= 15 is 0 Å². The number of hydrogen-bond acceptors (Lipinski definition) is 4. The van der Waals surface area contributed by atoms with Crippen molar-refractivity contribution in [2.45, 2.75) is 33.3 Å². The summed E-state index contributed by atoms with van der Waals surface area (Å²) in [4.78, 5) is 11.7. The molecule has 0 aliphatic heterocycles. The second-order valence-electron chi connectivity index (χ2n) is 4.54. The average molecular weight is 273 g/mol. The number of rotatable bonds is 6. The zero-order valence-electron chi connectivity index (χ0n) is 12.1. The van der Waals surface area contributed by atoms with E-state index in [4.69, 9.17) is 14.7 Å². The number of nitriles is 1. The van der Waals surface area contributed by atoms with E-state index in [0.29, 0.717) is 6.61 Å². The molecule has 20 heavy (non-hydrogen) atoms. The Kier molecular flexibility index (Phi) is 6.31. The van der Waals surface area contributed by atoms with Crippen molar-refractivity contribution in [3.8, 4) is 11.8 Å². The van der Waals surface area contributed by atoms with Crippen molar-refractivity contribution in [2.75, 3.05) is 6.61 Å². The molecule has 0 radical (unpaired) electrons. The number of carbonyl (C=O) groups is 1. The van der Waals surface area contributed by atoms with Crippen LogP contribution in [0.15, 0.2) is 29.8 Å². The van der Waals surface area contributed by atoms with Crippen LogP contribution in [0.1, 0.15) is 32.8 Å². The summed E-state index contributed by atoms with van der Waals surface area (Å²) >= 11 is 0. The predicted molar refractivity (Wildman–Crippen MR) is 77.0 cm³/mol. The molecule has 0 N–H and O–H groups in total. The van der Waals surface area contributed by atoms with Crippen LogP contribution in [0, 0.1) is 11.3 Å². The van der Waals surface area contributed by atoms with Crippen LogP contribution in [0.5, 0.6) is 5.75 Å². The molecule has 0 saturated carbocycles. The van der Waals surface area contributed by atoms with Crippen LogP contribution in [0.25, 0.3) is 6.08 Å². The first-order chi connectivity index (χ1) is 9.56. The molecular formula is C16H19NO3. The summed E-state index contributed by atoms with van der Waals surface area (Å²) < 4.78 is 10.5. The van der Waals surface area contributed by atoms with Crippen LogP contribution in [-0.4, -0.2) is 18.7 Å². The first-order valence-corrected chi connectivity index (χ1v) is 6.62. The molecule has 0 spiro atoms. The molecular weight excluding hydrogens is 254 g/mol. The molecule has 0 aliphatic carbocycles. The minimum atomic E-state index is -0.603. The molecule has 0 amide bonds. The SMILES string of the molecule is CCCOc1ccc(/C=C(/C#N)C(=O)OC(C)C)cc1. The van der Waals surface area contributed by atoms with Gasteiger partial charge in [0.1, 0.15) is 17.4 Å². The molecule has 0 saturated heterocycles. The molecule has 1 aromatic carbocycles. The van der Waals surface area contributed by atoms with E-state index in [1.54, 1.807) is 26.0 Å². The predicted octanol–water partition coefficient (Wildman–Crippen LogP) is 3.33. The highest BCUT2D eigenvalue weighted by Gasteiger charge is 2.12. The van der Waals surface area contributed by atoms with Gasteiger partial charge in [-0.25, -0.2) is 4.79 Å². The maximum absolute atomic E-state index is 11.7. The summed E-state index contributed by atoms with van der Waals surface area (Å²) in [6.07, 6.45) is 2.21. The number of hydrogen-bond donors (Lipinski definition) is 0. The zero-order chi connectivity index (χ0) is 15.0. The minimum absolute atomic E-state index is 0.0130. The average Bonchev–Trinajstić information content (AvgIpc) is 2.42. The smallest absolute Gasteiger partial charge is 0.349 e. The molecule has 0 fully saturated rings. The second kappa shape index (κ2) is 8.00. The Balaban J connectivity index is 2.80. The van der Waals surface area contributed by atoms with Gasteiger partial charge in [-0.3, -0.25) is 0 Å². The van der Waals surface area contributed by atoms with Gasteiger partial charge in [0.15, 0.2) is 0 Å². The number of carbonyl (C=O) groups excluding carboxylic acids is 1. The number of benzene rings is 1. The van der Waals surface area contributed by atoms with Crippen molar-refractivity contribution in [1.29, 1.82) is 5.26 Å². The van der Waals surface area contributed by atoms with Gasteiger partial charge in [0.2, 0.25) is 0 Å². The zero-order valence-corrected chi connectivity index (χ0v) is 12.1. The van der Waals surface area contributed by atoms with Crippen LogP contribution in [-0.2, 0) is 9.53 Å². The van der Waals surface area contributed by atoms with Crippen molar-refractivity contribution in [2.24, 2.45) is 0 Å². The first kappa shape index (κ1) is 15.8. The van der Waals surface area contributed by atoms with E-state index in [9.17, 15) is 4.79 Å². The summed E-state index contributed by atoms with van der Waals surface area (Å²) in [5, 5.41) is 9.00. The van der Waals surface area contributed by atoms with Crippen molar-refractivity contribution in [1.82, 2.24) is 0 Å². The molecule has 1 rings (SSSR count). The van der Waals surface area contributed by atoms with Crippen LogP contribution < -0.4 is 4.74 Å². The summed E-state index contributed by atoms with van der Waals surface area (Å²) in [6, 6.07) is 9.07. The highest BCUT2D eigenvalue weighted by Crippen LogP contribution is 2.15. The molecule has 0 atom stereocenters. The van der Waals surface area contributed by atoms with E-state index in [1.807, 2.05) is 25.1 Å². The Morgan fingerprint density at radius 2 is 2.00 bits per heavy atom. The number of esters is 1. The summed E-state index contributed by atoms with van der Waals surface area (Å²) in [6.45, 7) is 6.19. The highest BCUT2D eigenvalue weighted by atomic mass is 16.5. The van der Waals surface area contributed by atoms with E-state index in [1.165, 1.54) is 6.08 Å². The van der Waals surface area contributed by atoms with Gasteiger partial charge in [0.05, 0.1) is 12.7 Å². The Morgan fingerprint density at radius 3 is 2.50 bits per heavy atom. The minimum Gasteiger partial charge on any atom is -0.494 e. The molecule has 106 valence electrons. The lowest BCUT2D eigenvalue weighted by Gasteiger charge is -2.07. The largest absolute Gasteiger partial charge is 0.494 e. The van der Waals surface area contributed by atoms with Crippen molar-refractivity contribution < 1.29 is 14.3 Å². The summed E-state index contributed by atoms with van der Waals surface area (Å²) in [5.74, 6) is 0.168. The number of nitrogens with zero attached hydrogens (tertiary/aromatic N) is 1. The lowest BCUT2D eigenvalue weighted by atomic mass is 10.1. The Labute approximate surface area is 119 Å². The van der Waals surface area contributed by atoms with Gasteiger partial charge >= 0.3 is 5.97 Å². The molecule has 0 heterocycles. The van der Waals surface area contributed by atoms with E-state index in [0.717, 1.165) is 17.7 Å². The summed E-state index contributed by atoms with van der Waals surface area (Å²) in [5.41, 5.74) is 0.743. The fourth-order valence-corrected chi connectivity index (χ4v) is 1.46. The molecule has 4 nitrogen and oxygen atoms in total. The fourth-order valence-electron chi connectivity index (χ4n) is 1.46. The maximum Gasteiger partial charge on any atom is 0.349 e. The third kappa shape index (κ3) is 5.15. The van der Waals surface area contributed by atoms with Crippen molar-refractivity contribution in [3.05, 3.63) is 35.4 Å². The monoisotopic (exact) mass is 273 g/mol. The van der Waals surface area contributed by atoms with Gasteiger partial charge in [0.25, 0.3) is 0 Å². The quantitative estimate of drug-likeness (QED) is 0.453. The lowest BCUT2D eigenvalue weighted by molar-refractivity contribution is -0.142. The standard InChI is InChI=1S/C16H19NO3/c1-4-9-19-15-7-5-13(6-8-15)10-14(11-17)16(18)20-12(2)3/h5-8,10,12H,4,9H2,1-3H3/b14-10-. The van der Waals surface area contributed by atoms with E-state index < -0.39 is 5.97 Å². The molecule has 0 aromatic heterocycles. The molecule has 1 aromatic rings.